The van der Waals surface area contributed by atoms with Crippen molar-refractivity contribution in [2.45, 2.75) is 25.6 Å². The summed E-state index contributed by atoms with van der Waals surface area (Å²) in [5.41, 5.74) is 1.23. The van der Waals surface area contributed by atoms with Gasteiger partial charge in [0.05, 0.1) is 13.2 Å². The first kappa shape index (κ1) is 10.4. The molecule has 0 spiro atoms. The van der Waals surface area contributed by atoms with E-state index in [9.17, 15) is 0 Å². The van der Waals surface area contributed by atoms with Gasteiger partial charge >= 0.3 is 0 Å². The van der Waals surface area contributed by atoms with Crippen molar-refractivity contribution >= 4 is 0 Å². The Balaban J connectivity index is 1.61. The summed E-state index contributed by atoms with van der Waals surface area (Å²) in [5.74, 6) is 0. The van der Waals surface area contributed by atoms with Gasteiger partial charge in [-0.1, -0.05) is 42.5 Å². The molecule has 1 saturated heterocycles. The molecule has 2 rings (SSSR count). The van der Waals surface area contributed by atoms with Gasteiger partial charge in [-0.25, -0.2) is 0 Å². The molecule has 2 heteroatoms. The Bertz CT molecular complexity index is 321. The summed E-state index contributed by atoms with van der Waals surface area (Å²) in [4.78, 5) is 0. The summed E-state index contributed by atoms with van der Waals surface area (Å²) < 4.78 is 5.52. The Morgan fingerprint density at radius 1 is 1.33 bits per heavy atom. The van der Waals surface area contributed by atoms with E-state index in [0.29, 0.717) is 25.3 Å². The van der Waals surface area contributed by atoms with Gasteiger partial charge in [-0.15, -0.1) is 0 Å². The van der Waals surface area contributed by atoms with Crippen molar-refractivity contribution in [3.8, 4) is 0 Å². The fraction of sp³-hybridized carbons (Fsp3) is 0.385. The Morgan fingerprint density at radius 2 is 2.07 bits per heavy atom. The minimum absolute atomic E-state index is 0.574. The molecule has 15 heavy (non-hydrogen) atoms. The highest BCUT2D eigenvalue weighted by Gasteiger charge is 2.27. The molecule has 2 nitrogen and oxygen atoms in total. The first-order valence-corrected chi connectivity index (χ1v) is 5.40. The van der Waals surface area contributed by atoms with E-state index in [4.69, 9.17) is 4.74 Å². The molecule has 0 aromatic heterocycles. The maximum absolute atomic E-state index is 5.52. The van der Waals surface area contributed by atoms with Crippen LogP contribution in [0.1, 0.15) is 12.5 Å². The second-order valence-electron chi connectivity index (χ2n) is 3.91. The van der Waals surface area contributed by atoms with Crippen LogP contribution < -0.4 is 5.32 Å². The zero-order valence-electron chi connectivity index (χ0n) is 9.02. The van der Waals surface area contributed by atoms with E-state index in [-0.39, 0.29) is 0 Å². The zero-order valence-corrected chi connectivity index (χ0v) is 9.02. The van der Waals surface area contributed by atoms with Gasteiger partial charge in [0.15, 0.2) is 0 Å². The number of ether oxygens (including phenoxy) is 1. The lowest BCUT2D eigenvalue weighted by atomic mass is 10.2. The van der Waals surface area contributed by atoms with Crippen LogP contribution in [0.25, 0.3) is 0 Å². The van der Waals surface area contributed by atoms with Crippen LogP contribution in [0.2, 0.25) is 0 Å². The maximum Gasteiger partial charge on any atom is 0.0721 e. The van der Waals surface area contributed by atoms with Gasteiger partial charge in [0.1, 0.15) is 0 Å². The van der Waals surface area contributed by atoms with Crippen LogP contribution in [-0.2, 0) is 11.3 Å². The Morgan fingerprint density at radius 3 is 2.73 bits per heavy atom. The number of hydrogen-bond acceptors (Lipinski definition) is 2. The molecule has 0 saturated carbocycles. The van der Waals surface area contributed by atoms with Gasteiger partial charge in [-0.3, -0.25) is 0 Å². The van der Waals surface area contributed by atoms with Crippen LogP contribution in [0.15, 0.2) is 42.5 Å². The average Bonchev–Trinajstić information content (AvgIpc) is 2.96. The van der Waals surface area contributed by atoms with Crippen LogP contribution in [-0.4, -0.2) is 18.7 Å². The van der Waals surface area contributed by atoms with Gasteiger partial charge in [0.2, 0.25) is 0 Å². The topological polar surface area (TPSA) is 31.2 Å². The molecule has 1 aliphatic heterocycles. The maximum atomic E-state index is 5.52. The van der Waals surface area contributed by atoms with E-state index < -0.39 is 0 Å². The molecular weight excluding hydrogens is 186 g/mol. The number of hydrogen-bond donors (Lipinski definition) is 1. The Labute approximate surface area is 91.0 Å². The van der Waals surface area contributed by atoms with E-state index in [2.05, 4.69) is 36.5 Å². The summed E-state index contributed by atoms with van der Waals surface area (Å²) >= 11 is 0. The lowest BCUT2D eigenvalue weighted by Crippen LogP contribution is -1.93. The fourth-order valence-electron chi connectivity index (χ4n) is 1.49. The Hall–Kier alpha value is -1.12. The van der Waals surface area contributed by atoms with Crippen LogP contribution in [0.4, 0.5) is 0 Å². The SMILES string of the molecule is C[C@H]1N[C@@H]1/C=C/COCc1ccccc1. The largest absolute Gasteiger partial charge is 0.373 e. The van der Waals surface area contributed by atoms with E-state index in [0.717, 1.165) is 0 Å². The summed E-state index contributed by atoms with van der Waals surface area (Å²) in [7, 11) is 0. The van der Waals surface area contributed by atoms with Crippen molar-refractivity contribution in [1.82, 2.24) is 5.32 Å². The average molecular weight is 203 g/mol. The molecule has 1 aromatic rings. The summed E-state index contributed by atoms with van der Waals surface area (Å²) in [6.07, 6.45) is 4.26. The molecule has 0 bridgehead atoms. The van der Waals surface area contributed by atoms with Crippen molar-refractivity contribution in [3.63, 3.8) is 0 Å². The molecule has 2 atom stereocenters. The van der Waals surface area contributed by atoms with Gasteiger partial charge in [0.25, 0.3) is 0 Å². The smallest absolute Gasteiger partial charge is 0.0721 e. The predicted octanol–water partition coefficient (Wildman–Crippen LogP) is 2.12. The van der Waals surface area contributed by atoms with Crippen molar-refractivity contribution < 1.29 is 4.74 Å². The lowest BCUT2D eigenvalue weighted by Gasteiger charge is -2.00. The van der Waals surface area contributed by atoms with Crippen LogP contribution in [0, 0.1) is 0 Å². The van der Waals surface area contributed by atoms with Gasteiger partial charge < -0.3 is 10.1 Å². The molecule has 1 heterocycles. The highest BCUT2D eigenvalue weighted by molar-refractivity contribution is 5.13. The molecule has 0 aliphatic carbocycles. The van der Waals surface area contributed by atoms with Crippen LogP contribution in [0.3, 0.4) is 0 Å². The lowest BCUT2D eigenvalue weighted by molar-refractivity contribution is 0.148. The highest BCUT2D eigenvalue weighted by atomic mass is 16.5. The van der Waals surface area contributed by atoms with Crippen molar-refractivity contribution in [2.75, 3.05) is 6.61 Å². The van der Waals surface area contributed by atoms with Crippen molar-refractivity contribution in [2.24, 2.45) is 0 Å². The van der Waals surface area contributed by atoms with Crippen molar-refractivity contribution in [1.29, 1.82) is 0 Å². The molecule has 1 aliphatic rings. The quantitative estimate of drug-likeness (QED) is 0.451. The second-order valence-corrected chi connectivity index (χ2v) is 3.91. The highest BCUT2D eigenvalue weighted by Crippen LogP contribution is 2.10. The minimum atomic E-state index is 0.574. The monoisotopic (exact) mass is 203 g/mol. The van der Waals surface area contributed by atoms with E-state index in [1.807, 2.05) is 18.2 Å². The first-order chi connectivity index (χ1) is 7.36. The molecule has 0 radical (unpaired) electrons. The van der Waals surface area contributed by atoms with Crippen molar-refractivity contribution in [3.05, 3.63) is 48.0 Å². The summed E-state index contributed by atoms with van der Waals surface area (Å²) in [5, 5.41) is 3.30. The number of benzene rings is 1. The minimum Gasteiger partial charge on any atom is -0.373 e. The summed E-state index contributed by atoms with van der Waals surface area (Å²) in [6, 6.07) is 11.5. The molecule has 1 aromatic carbocycles. The second kappa shape index (κ2) is 5.10. The molecule has 80 valence electrons. The summed E-state index contributed by atoms with van der Waals surface area (Å²) in [6.45, 7) is 3.57. The number of rotatable bonds is 5. The fourth-order valence-corrected chi connectivity index (χ4v) is 1.49. The Kier molecular flexibility index (Phi) is 3.54. The van der Waals surface area contributed by atoms with Crippen LogP contribution in [0.5, 0.6) is 0 Å². The van der Waals surface area contributed by atoms with E-state index in [1.54, 1.807) is 0 Å². The normalized spacial score (nSPS) is 24.6. The number of nitrogens with one attached hydrogen (secondary N) is 1. The standard InChI is InChI=1S/C13H17NO/c1-11-13(14-11)8-5-9-15-10-12-6-3-2-4-7-12/h2-8,11,13-14H,9-10H2,1H3/b8-5+/t11-,13-/m1/s1. The van der Waals surface area contributed by atoms with Gasteiger partial charge in [-0.05, 0) is 12.5 Å². The van der Waals surface area contributed by atoms with Crippen LogP contribution >= 0.6 is 0 Å². The first-order valence-electron chi connectivity index (χ1n) is 5.40. The van der Waals surface area contributed by atoms with E-state index in [1.165, 1.54) is 5.56 Å². The third-order valence-electron chi connectivity index (χ3n) is 2.55. The third kappa shape index (κ3) is 3.50. The molecule has 0 amide bonds. The predicted molar refractivity (Wildman–Crippen MR) is 61.6 cm³/mol. The molecule has 1 fully saturated rings. The molecular formula is C13H17NO. The molecule has 1 N–H and O–H groups in total. The van der Waals surface area contributed by atoms with Gasteiger partial charge in [-0.2, -0.15) is 0 Å². The molecule has 0 unspecified atom stereocenters. The zero-order chi connectivity index (χ0) is 10.5. The van der Waals surface area contributed by atoms with Gasteiger partial charge in [0, 0.05) is 12.1 Å². The third-order valence-corrected chi connectivity index (χ3v) is 2.55. The van der Waals surface area contributed by atoms with E-state index >= 15 is 0 Å².